The maximum atomic E-state index is 12.4. The first kappa shape index (κ1) is 16.1. The van der Waals surface area contributed by atoms with Crippen molar-refractivity contribution in [1.82, 2.24) is 0 Å². The largest absolute Gasteiger partial charge is 0.508 e. The molecular formula is C18H14O8. The van der Waals surface area contributed by atoms with Gasteiger partial charge in [-0.05, 0) is 18.2 Å². The highest BCUT2D eigenvalue weighted by atomic mass is 16.6. The van der Waals surface area contributed by atoms with Gasteiger partial charge in [-0.2, -0.15) is 0 Å². The molecule has 1 saturated heterocycles. The van der Waals surface area contributed by atoms with Crippen molar-refractivity contribution in [2.45, 2.75) is 6.10 Å². The number of ether oxygens (including phenoxy) is 2. The van der Waals surface area contributed by atoms with E-state index in [9.17, 15) is 25.2 Å². The molecule has 4 rings (SSSR count). The summed E-state index contributed by atoms with van der Waals surface area (Å²) in [6, 6.07) is 6.33. The molecular weight excluding hydrogens is 344 g/mol. The van der Waals surface area contributed by atoms with Gasteiger partial charge in [-0.3, -0.25) is 4.79 Å². The zero-order valence-corrected chi connectivity index (χ0v) is 13.3. The average Bonchev–Trinajstić information content (AvgIpc) is 2.55. The van der Waals surface area contributed by atoms with Gasteiger partial charge in [0, 0.05) is 17.7 Å². The third kappa shape index (κ3) is 2.56. The smallest absolute Gasteiger partial charge is 0.238 e. The molecule has 1 aliphatic rings. The average molecular weight is 358 g/mol. The second-order valence-corrected chi connectivity index (χ2v) is 5.91. The Morgan fingerprint density at radius 3 is 2.46 bits per heavy atom. The van der Waals surface area contributed by atoms with Crippen LogP contribution in [-0.4, -0.2) is 39.7 Å². The molecule has 4 N–H and O–H groups in total. The van der Waals surface area contributed by atoms with E-state index in [1.165, 1.54) is 18.2 Å². The lowest BCUT2D eigenvalue weighted by molar-refractivity contribution is -0.0803. The van der Waals surface area contributed by atoms with Crippen molar-refractivity contribution in [3.63, 3.8) is 0 Å². The lowest BCUT2D eigenvalue weighted by atomic mass is 10.1. The van der Waals surface area contributed by atoms with Crippen molar-refractivity contribution in [1.29, 1.82) is 0 Å². The predicted octanol–water partition coefficient (Wildman–Crippen LogP) is 2.06. The minimum atomic E-state index is -0.846. The molecule has 1 aliphatic heterocycles. The first-order valence-corrected chi connectivity index (χ1v) is 7.73. The molecule has 0 radical (unpaired) electrons. The fourth-order valence-electron chi connectivity index (χ4n) is 2.68. The van der Waals surface area contributed by atoms with Crippen LogP contribution in [0.4, 0.5) is 0 Å². The van der Waals surface area contributed by atoms with Gasteiger partial charge in [-0.1, -0.05) is 0 Å². The van der Waals surface area contributed by atoms with E-state index in [2.05, 4.69) is 0 Å². The van der Waals surface area contributed by atoms with Crippen LogP contribution >= 0.6 is 0 Å². The molecule has 3 aromatic rings. The topological polar surface area (TPSA) is 130 Å². The van der Waals surface area contributed by atoms with Crippen LogP contribution < -0.4 is 10.2 Å². The Balaban J connectivity index is 1.87. The Kier molecular flexibility index (Phi) is 3.62. The second-order valence-electron chi connectivity index (χ2n) is 5.91. The summed E-state index contributed by atoms with van der Waals surface area (Å²) in [6.45, 7) is 0.803. The number of phenols is 3. The normalized spacial score (nSPS) is 14.3. The van der Waals surface area contributed by atoms with Gasteiger partial charge in [0.2, 0.25) is 11.2 Å². The van der Waals surface area contributed by atoms with E-state index in [-0.39, 0.29) is 45.6 Å². The molecule has 0 aliphatic carbocycles. The molecule has 2 aromatic carbocycles. The van der Waals surface area contributed by atoms with Crippen LogP contribution in [0.5, 0.6) is 28.7 Å². The van der Waals surface area contributed by atoms with Gasteiger partial charge in [0.1, 0.15) is 28.6 Å². The summed E-state index contributed by atoms with van der Waals surface area (Å²) in [5, 5.41) is 39.4. The molecule has 0 amide bonds. The molecule has 0 saturated carbocycles. The zero-order chi connectivity index (χ0) is 18.4. The molecule has 8 nitrogen and oxygen atoms in total. The van der Waals surface area contributed by atoms with Gasteiger partial charge in [0.25, 0.3) is 0 Å². The van der Waals surface area contributed by atoms with Gasteiger partial charge >= 0.3 is 0 Å². The molecule has 1 fully saturated rings. The summed E-state index contributed by atoms with van der Waals surface area (Å²) in [5.74, 6) is -1.65. The van der Waals surface area contributed by atoms with E-state index < -0.39 is 16.9 Å². The summed E-state index contributed by atoms with van der Waals surface area (Å²) < 4.78 is 16.1. The van der Waals surface area contributed by atoms with E-state index in [4.69, 9.17) is 13.9 Å². The first-order valence-electron chi connectivity index (χ1n) is 7.73. The predicted molar refractivity (Wildman–Crippen MR) is 89.8 cm³/mol. The molecule has 0 unspecified atom stereocenters. The molecule has 8 heteroatoms. The highest BCUT2D eigenvalue weighted by Crippen LogP contribution is 2.38. The number of aromatic hydroxyl groups is 4. The third-order valence-corrected chi connectivity index (χ3v) is 4.06. The van der Waals surface area contributed by atoms with Crippen molar-refractivity contribution in [3.05, 3.63) is 40.6 Å². The van der Waals surface area contributed by atoms with E-state index in [1.54, 1.807) is 0 Å². The standard InChI is InChI=1S/C18H14O8/c19-9-4-12(21)15-14(5-9)26-18(17(23)16(15)22)8-1-2-11(20)13(3-8)25-10-6-24-7-10/h1-5,10,19-21,23H,6-7H2. The SMILES string of the molecule is O=c1c(O)c(-c2ccc(O)c(OC3COC3)c2)oc2cc(O)cc(O)c12. The Labute approximate surface area is 146 Å². The molecule has 0 bridgehead atoms. The third-order valence-electron chi connectivity index (χ3n) is 4.06. The van der Waals surface area contributed by atoms with E-state index >= 15 is 0 Å². The maximum absolute atomic E-state index is 12.4. The van der Waals surface area contributed by atoms with Gasteiger partial charge < -0.3 is 34.3 Å². The van der Waals surface area contributed by atoms with Crippen molar-refractivity contribution < 1.29 is 34.3 Å². The van der Waals surface area contributed by atoms with Gasteiger partial charge in [-0.15, -0.1) is 0 Å². The molecule has 26 heavy (non-hydrogen) atoms. The fraction of sp³-hybridized carbons (Fsp3) is 0.167. The zero-order valence-electron chi connectivity index (χ0n) is 13.3. The summed E-state index contributed by atoms with van der Waals surface area (Å²) in [4.78, 5) is 12.4. The van der Waals surface area contributed by atoms with Crippen molar-refractivity contribution in [3.8, 4) is 40.1 Å². The number of fused-ring (bicyclic) bond motifs is 1. The van der Waals surface area contributed by atoms with Crippen LogP contribution in [0.15, 0.2) is 39.5 Å². The summed E-state index contributed by atoms with van der Waals surface area (Å²) in [5.41, 5.74) is -0.665. The Morgan fingerprint density at radius 1 is 1.00 bits per heavy atom. The first-order chi connectivity index (χ1) is 12.4. The van der Waals surface area contributed by atoms with Crippen LogP contribution in [0.1, 0.15) is 0 Å². The van der Waals surface area contributed by atoms with Crippen molar-refractivity contribution in [2.75, 3.05) is 13.2 Å². The molecule has 134 valence electrons. The van der Waals surface area contributed by atoms with Crippen LogP contribution in [0.25, 0.3) is 22.3 Å². The van der Waals surface area contributed by atoms with E-state index in [1.807, 2.05) is 0 Å². The van der Waals surface area contributed by atoms with E-state index in [0.29, 0.717) is 13.2 Å². The van der Waals surface area contributed by atoms with Crippen LogP contribution in [0, 0.1) is 0 Å². The van der Waals surface area contributed by atoms with Gasteiger partial charge in [0.05, 0.1) is 13.2 Å². The van der Waals surface area contributed by atoms with Gasteiger partial charge in [-0.25, -0.2) is 0 Å². The van der Waals surface area contributed by atoms with Crippen molar-refractivity contribution >= 4 is 11.0 Å². The summed E-state index contributed by atoms with van der Waals surface area (Å²) in [6.07, 6.45) is -0.192. The Bertz CT molecular complexity index is 1060. The quantitative estimate of drug-likeness (QED) is 0.560. The minimum Gasteiger partial charge on any atom is -0.508 e. The lowest BCUT2D eigenvalue weighted by Crippen LogP contribution is -2.38. The summed E-state index contributed by atoms with van der Waals surface area (Å²) in [7, 11) is 0. The Hall–Kier alpha value is -3.39. The number of rotatable bonds is 3. The lowest BCUT2D eigenvalue weighted by Gasteiger charge is -2.27. The van der Waals surface area contributed by atoms with E-state index in [0.717, 1.165) is 12.1 Å². The van der Waals surface area contributed by atoms with Crippen LogP contribution in [0.3, 0.4) is 0 Å². The van der Waals surface area contributed by atoms with Crippen LogP contribution in [0.2, 0.25) is 0 Å². The number of phenolic OH excluding ortho intramolecular Hbond substituents is 3. The van der Waals surface area contributed by atoms with Crippen molar-refractivity contribution in [2.24, 2.45) is 0 Å². The van der Waals surface area contributed by atoms with Crippen LogP contribution in [-0.2, 0) is 4.74 Å². The molecule has 0 atom stereocenters. The highest BCUT2D eigenvalue weighted by molar-refractivity contribution is 5.88. The molecule has 1 aromatic heterocycles. The summed E-state index contributed by atoms with van der Waals surface area (Å²) >= 11 is 0. The molecule has 2 heterocycles. The number of hydrogen-bond donors (Lipinski definition) is 4. The highest BCUT2D eigenvalue weighted by Gasteiger charge is 2.23. The van der Waals surface area contributed by atoms with Gasteiger partial charge in [0.15, 0.2) is 17.3 Å². The minimum absolute atomic E-state index is 0.0942. The number of benzene rings is 2. The second kappa shape index (κ2) is 5.85. The number of hydrogen-bond acceptors (Lipinski definition) is 8. The fourth-order valence-corrected chi connectivity index (χ4v) is 2.68. The molecule has 0 spiro atoms. The maximum Gasteiger partial charge on any atom is 0.238 e. The monoisotopic (exact) mass is 358 g/mol. The Morgan fingerprint density at radius 2 is 1.77 bits per heavy atom.